The van der Waals surface area contributed by atoms with Crippen molar-refractivity contribution >= 4 is 25.7 Å². The normalized spacial score (nSPS) is 24.1. The van der Waals surface area contributed by atoms with Crippen LogP contribution in [-0.4, -0.2) is 25.7 Å². The van der Waals surface area contributed by atoms with E-state index in [9.17, 15) is 0 Å². The highest BCUT2D eigenvalue weighted by atomic mass is 28.5. The van der Waals surface area contributed by atoms with Gasteiger partial charge in [-0.25, -0.2) is 0 Å². The van der Waals surface area contributed by atoms with Gasteiger partial charge in [0.2, 0.25) is 0 Å². The smallest absolute Gasteiger partial charge is 0.347 e. The van der Waals surface area contributed by atoms with E-state index in [1.54, 1.807) is 0 Å². The fourth-order valence-corrected chi connectivity index (χ4v) is 22.3. The Morgan fingerprint density at radius 3 is 0.714 bits per heavy atom. The summed E-state index contributed by atoms with van der Waals surface area (Å²) in [5, 5.41) is 0. The van der Waals surface area contributed by atoms with E-state index in [1.165, 1.54) is 135 Å². The van der Waals surface area contributed by atoms with E-state index >= 15 is 0 Å². The van der Waals surface area contributed by atoms with Crippen molar-refractivity contribution in [3.05, 3.63) is 36.8 Å². The minimum Gasteiger partial charge on any atom is -0.409 e. The molecule has 42 heavy (non-hydrogen) atoms. The molecule has 0 aromatic carbocycles. The van der Waals surface area contributed by atoms with E-state index < -0.39 is 25.7 Å². The van der Waals surface area contributed by atoms with Crippen LogP contribution in [0.1, 0.15) is 175 Å². The molecule has 6 heteroatoms. The van der Waals surface area contributed by atoms with Crippen LogP contribution in [0, 0.1) is 0 Å². The Morgan fingerprint density at radius 1 is 0.333 bits per heavy atom. The minimum absolute atomic E-state index is 0.995. The Bertz CT molecular complexity index is 587. The quantitative estimate of drug-likeness (QED) is 0.0580. The van der Waals surface area contributed by atoms with Gasteiger partial charge in [-0.2, -0.15) is 0 Å². The molecule has 0 aromatic rings. The van der Waals surface area contributed by atoms with Gasteiger partial charge in [-0.1, -0.05) is 192 Å². The molecule has 0 atom stereocenters. The fourth-order valence-electron chi connectivity index (χ4n) is 6.32. The largest absolute Gasteiger partial charge is 0.409 e. The van der Waals surface area contributed by atoms with Crippen molar-refractivity contribution in [1.29, 1.82) is 0 Å². The first-order valence-electron chi connectivity index (χ1n) is 18.5. The Hall–Kier alpha value is -0.249. The average molecular weight is 637 g/mol. The van der Waals surface area contributed by atoms with Gasteiger partial charge in [0, 0.05) is 0 Å². The number of unbranched alkanes of at least 4 members (excludes halogenated alkanes) is 21. The molecule has 0 aromatic heterocycles. The molecule has 1 rings (SSSR count). The summed E-state index contributed by atoms with van der Waals surface area (Å²) in [5.74, 6) is 0. The lowest BCUT2D eigenvalue weighted by atomic mass is 10.1. The van der Waals surface area contributed by atoms with Gasteiger partial charge in [-0.3, -0.25) is 0 Å². The lowest BCUT2D eigenvalue weighted by Gasteiger charge is -2.51. The molecule has 1 aliphatic rings. The zero-order valence-corrected chi connectivity index (χ0v) is 31.7. The molecule has 0 unspecified atom stereocenters. The predicted molar refractivity (Wildman–Crippen MR) is 193 cm³/mol. The average Bonchev–Trinajstić information content (AvgIpc) is 3.01. The maximum absolute atomic E-state index is 7.10. The minimum atomic E-state index is -2.61. The SMILES string of the molecule is C=C[Si]1(CCCCCCCCCC)O[Si](C=C)(CCCCCCCCCC)O[Si](C=C)(CCCCCCCCCC)O1. The van der Waals surface area contributed by atoms with Gasteiger partial charge in [0.1, 0.15) is 0 Å². The van der Waals surface area contributed by atoms with Gasteiger partial charge in [-0.15, -0.1) is 19.7 Å². The number of rotatable bonds is 30. The maximum atomic E-state index is 7.10. The van der Waals surface area contributed by atoms with Gasteiger partial charge < -0.3 is 12.3 Å². The van der Waals surface area contributed by atoms with Crippen LogP contribution in [-0.2, 0) is 12.3 Å². The summed E-state index contributed by atoms with van der Waals surface area (Å²) in [6, 6.07) is 2.98. The van der Waals surface area contributed by atoms with Gasteiger partial charge in [0.25, 0.3) is 0 Å². The molecule has 0 saturated carbocycles. The van der Waals surface area contributed by atoms with Crippen molar-refractivity contribution in [2.75, 3.05) is 0 Å². The van der Waals surface area contributed by atoms with Gasteiger partial charge in [-0.05, 0) is 18.1 Å². The van der Waals surface area contributed by atoms with Crippen molar-refractivity contribution in [3.63, 3.8) is 0 Å². The summed E-state index contributed by atoms with van der Waals surface area (Å²) in [4.78, 5) is 0. The predicted octanol–water partition coefficient (Wildman–Crippen LogP) is 13.0. The summed E-state index contributed by atoms with van der Waals surface area (Å²) in [5.41, 5.74) is 6.28. The van der Waals surface area contributed by atoms with Crippen LogP contribution in [0.2, 0.25) is 18.1 Å². The lowest BCUT2D eigenvalue weighted by molar-refractivity contribution is 0.231. The van der Waals surface area contributed by atoms with Gasteiger partial charge in [0.15, 0.2) is 0 Å². The first-order chi connectivity index (χ1) is 20.5. The second-order valence-electron chi connectivity index (χ2n) is 13.0. The molecule has 1 saturated heterocycles. The maximum Gasteiger partial charge on any atom is 0.347 e. The third kappa shape index (κ3) is 16.7. The van der Waals surface area contributed by atoms with Crippen LogP contribution in [0.3, 0.4) is 0 Å². The molecule has 0 aliphatic carbocycles. The zero-order valence-electron chi connectivity index (χ0n) is 28.7. The van der Waals surface area contributed by atoms with Crippen molar-refractivity contribution in [2.24, 2.45) is 0 Å². The standard InChI is InChI=1S/C36H72O3Si3/c1-7-13-16-19-22-25-28-31-34-40(10-4)37-41(11-5,35-32-29-26-23-20-17-14-8-2)39-42(12-6,38-40)36-33-30-27-24-21-18-15-9-3/h10-12H,4-9,13-36H2,1-3H3. The Kier molecular flexibility index (Phi) is 23.7. The lowest BCUT2D eigenvalue weighted by Crippen LogP contribution is -2.68. The molecule has 0 radical (unpaired) electrons. The molecule has 0 bridgehead atoms. The van der Waals surface area contributed by atoms with Crippen molar-refractivity contribution in [3.8, 4) is 0 Å². The monoisotopic (exact) mass is 636 g/mol. The number of hydrogen-bond donors (Lipinski definition) is 0. The van der Waals surface area contributed by atoms with Crippen molar-refractivity contribution in [2.45, 2.75) is 193 Å². The van der Waals surface area contributed by atoms with E-state index in [0.717, 1.165) is 37.4 Å². The van der Waals surface area contributed by atoms with Crippen LogP contribution in [0.15, 0.2) is 36.8 Å². The summed E-state index contributed by atoms with van der Waals surface area (Å²) in [6.45, 7) is 19.8. The molecule has 1 aliphatic heterocycles. The van der Waals surface area contributed by atoms with Crippen LogP contribution < -0.4 is 0 Å². The van der Waals surface area contributed by atoms with Crippen LogP contribution >= 0.6 is 0 Å². The second kappa shape index (κ2) is 25.0. The Morgan fingerprint density at radius 2 is 0.524 bits per heavy atom. The number of hydrogen-bond acceptors (Lipinski definition) is 3. The molecular weight excluding hydrogens is 565 g/mol. The highest BCUT2D eigenvalue weighted by Gasteiger charge is 2.58. The van der Waals surface area contributed by atoms with Crippen LogP contribution in [0.5, 0.6) is 0 Å². The van der Waals surface area contributed by atoms with Crippen molar-refractivity contribution in [1.82, 2.24) is 0 Å². The zero-order chi connectivity index (χ0) is 30.8. The molecular formula is C36H72O3Si3. The van der Waals surface area contributed by atoms with Gasteiger partial charge in [0.05, 0.1) is 0 Å². The molecule has 0 amide bonds. The highest BCUT2D eigenvalue weighted by Crippen LogP contribution is 2.40. The second-order valence-corrected chi connectivity index (χ2v) is 23.1. The summed E-state index contributed by atoms with van der Waals surface area (Å²) in [6.07, 6.45) is 31.5. The van der Waals surface area contributed by atoms with E-state index in [-0.39, 0.29) is 0 Å². The molecule has 246 valence electrons. The topological polar surface area (TPSA) is 27.7 Å². The first-order valence-corrected chi connectivity index (χ1v) is 24.8. The van der Waals surface area contributed by atoms with E-state index in [0.29, 0.717) is 0 Å². The molecule has 0 N–H and O–H groups in total. The van der Waals surface area contributed by atoms with Crippen LogP contribution in [0.25, 0.3) is 0 Å². The molecule has 1 heterocycles. The summed E-state index contributed by atoms with van der Waals surface area (Å²) >= 11 is 0. The molecule has 0 spiro atoms. The van der Waals surface area contributed by atoms with Crippen LogP contribution in [0.4, 0.5) is 0 Å². The summed E-state index contributed by atoms with van der Waals surface area (Å²) < 4.78 is 21.3. The Balaban J connectivity index is 2.84. The third-order valence-electron chi connectivity index (χ3n) is 9.11. The highest BCUT2D eigenvalue weighted by molar-refractivity contribution is 6.99. The van der Waals surface area contributed by atoms with Gasteiger partial charge >= 0.3 is 25.7 Å². The molecule has 1 fully saturated rings. The summed E-state index contributed by atoms with van der Waals surface area (Å²) in [7, 11) is -7.83. The van der Waals surface area contributed by atoms with Crippen molar-refractivity contribution < 1.29 is 12.3 Å². The van der Waals surface area contributed by atoms with E-state index in [2.05, 4.69) is 57.6 Å². The van der Waals surface area contributed by atoms with E-state index in [1.807, 2.05) is 0 Å². The molecule has 3 nitrogen and oxygen atoms in total. The fraction of sp³-hybridized carbons (Fsp3) is 0.833. The third-order valence-corrected chi connectivity index (χ3v) is 22.4. The van der Waals surface area contributed by atoms with E-state index in [4.69, 9.17) is 12.3 Å². The first kappa shape index (κ1) is 39.8. The Labute approximate surface area is 267 Å².